The third-order valence-electron chi connectivity index (χ3n) is 5.08. The van der Waals surface area contributed by atoms with E-state index in [0.29, 0.717) is 29.5 Å². The van der Waals surface area contributed by atoms with E-state index in [4.69, 9.17) is 11.6 Å². The Balaban J connectivity index is 1.61. The highest BCUT2D eigenvalue weighted by Gasteiger charge is 2.40. The van der Waals surface area contributed by atoms with Gasteiger partial charge in [0.25, 0.3) is 0 Å². The summed E-state index contributed by atoms with van der Waals surface area (Å²) < 4.78 is 63.7. The molecule has 0 aliphatic carbocycles. The van der Waals surface area contributed by atoms with Gasteiger partial charge in [0.05, 0.1) is 35.2 Å². The molecule has 1 fully saturated rings. The van der Waals surface area contributed by atoms with Crippen LogP contribution < -0.4 is 14.9 Å². The molecular weight excluding hydrogens is 499 g/mol. The molecule has 3 aromatic heterocycles. The van der Waals surface area contributed by atoms with E-state index in [1.165, 1.54) is 10.7 Å². The quantitative estimate of drug-likeness (QED) is 0.361. The number of anilines is 3. The molecule has 0 radical (unpaired) electrons. The van der Waals surface area contributed by atoms with Crippen molar-refractivity contribution in [1.82, 2.24) is 19.6 Å². The molecule has 4 heterocycles. The number of alkyl halides is 3. The van der Waals surface area contributed by atoms with Crippen molar-refractivity contribution in [2.24, 2.45) is 0 Å². The van der Waals surface area contributed by atoms with Crippen LogP contribution in [0.5, 0.6) is 0 Å². The van der Waals surface area contributed by atoms with Crippen LogP contribution >= 0.6 is 22.4 Å². The second-order valence-electron chi connectivity index (χ2n) is 7.91. The number of amides is 2. The second-order valence-corrected chi connectivity index (χ2v) is 10.4. The predicted molar refractivity (Wildman–Crippen MR) is 124 cm³/mol. The Hall–Kier alpha value is -2.81. The van der Waals surface area contributed by atoms with E-state index in [2.05, 4.69) is 25.7 Å². The van der Waals surface area contributed by atoms with Gasteiger partial charge in [-0.25, -0.2) is 19.3 Å². The third kappa shape index (κ3) is 4.71. The molecule has 34 heavy (non-hydrogen) atoms. The maximum absolute atomic E-state index is 13.7. The van der Waals surface area contributed by atoms with E-state index >= 15 is 0 Å². The minimum absolute atomic E-state index is 0.0244. The van der Waals surface area contributed by atoms with Crippen LogP contribution in [0.2, 0.25) is 5.15 Å². The number of carbonyl (C=O) groups excluding carboxylic acids is 1. The van der Waals surface area contributed by atoms with Gasteiger partial charge in [-0.2, -0.15) is 18.3 Å². The third-order valence-corrected chi connectivity index (χ3v) is 7.17. The van der Waals surface area contributed by atoms with Gasteiger partial charge in [0, 0.05) is 12.6 Å². The molecule has 0 aromatic carbocycles. The molecule has 3 aromatic rings. The fourth-order valence-electron chi connectivity index (χ4n) is 3.70. The van der Waals surface area contributed by atoms with E-state index < -0.39 is 34.4 Å². The fourth-order valence-corrected chi connectivity index (χ4v) is 5.45. The van der Waals surface area contributed by atoms with Crippen molar-refractivity contribution < 1.29 is 27.1 Å². The minimum atomic E-state index is -4.84. The average molecular weight is 520 g/mol. The van der Waals surface area contributed by atoms with E-state index in [9.17, 15) is 27.1 Å². The zero-order valence-electron chi connectivity index (χ0n) is 18.0. The van der Waals surface area contributed by atoms with Crippen molar-refractivity contribution in [1.29, 1.82) is 0 Å². The molecule has 1 aliphatic heterocycles. The van der Waals surface area contributed by atoms with Crippen LogP contribution in [0.1, 0.15) is 37.4 Å². The number of nitrogens with zero attached hydrogens (tertiary/aromatic N) is 5. The van der Waals surface area contributed by atoms with Crippen molar-refractivity contribution in [3.05, 3.63) is 40.9 Å². The Morgan fingerprint density at radius 1 is 1.21 bits per heavy atom. The van der Waals surface area contributed by atoms with E-state index in [0.717, 1.165) is 10.5 Å². The molecule has 4 N–H and O–H groups in total. The van der Waals surface area contributed by atoms with Crippen molar-refractivity contribution >= 4 is 51.2 Å². The Kier molecular flexibility index (Phi) is 6.27. The molecule has 2 amide bonds. The summed E-state index contributed by atoms with van der Waals surface area (Å²) in [5.41, 5.74) is -0.0554. The summed E-state index contributed by atoms with van der Waals surface area (Å²) in [6, 6.07) is 1.43. The lowest BCUT2D eigenvalue weighted by Crippen LogP contribution is -2.27. The Bertz CT molecular complexity index is 1250. The van der Waals surface area contributed by atoms with Crippen molar-refractivity contribution in [3.8, 4) is 0 Å². The molecular formula is C19H21ClF3N7O3S. The number of aromatic nitrogens is 4. The van der Waals surface area contributed by atoms with Gasteiger partial charge in [0.15, 0.2) is 16.6 Å². The lowest BCUT2D eigenvalue weighted by Gasteiger charge is -2.38. The Labute approximate surface area is 198 Å². The smallest absolute Gasteiger partial charge is 0.306 e. The lowest BCUT2D eigenvalue weighted by molar-refractivity contribution is -0.137. The Morgan fingerprint density at radius 2 is 1.94 bits per heavy atom. The van der Waals surface area contributed by atoms with Gasteiger partial charge in [0.1, 0.15) is 5.56 Å². The molecule has 0 bridgehead atoms. The molecule has 0 unspecified atom stereocenters. The van der Waals surface area contributed by atoms with Gasteiger partial charge in [-0.05, 0) is 18.4 Å². The summed E-state index contributed by atoms with van der Waals surface area (Å²) in [6.45, 7) is 3.76. The van der Waals surface area contributed by atoms with Gasteiger partial charge in [0.2, 0.25) is 0 Å². The Morgan fingerprint density at radius 3 is 2.56 bits per heavy atom. The van der Waals surface area contributed by atoms with Gasteiger partial charge >= 0.3 is 12.2 Å². The molecule has 4 rings (SSSR count). The van der Waals surface area contributed by atoms with Crippen LogP contribution in [0, 0.1) is 0 Å². The molecule has 15 heteroatoms. The summed E-state index contributed by atoms with van der Waals surface area (Å²) in [4.78, 5) is 20.6. The van der Waals surface area contributed by atoms with Crippen molar-refractivity contribution in [3.63, 3.8) is 0 Å². The second kappa shape index (κ2) is 8.76. The maximum Gasteiger partial charge on any atom is 0.420 e. The zero-order valence-corrected chi connectivity index (χ0v) is 19.5. The molecule has 1 saturated heterocycles. The first-order valence-electron chi connectivity index (χ1n) is 10.1. The van der Waals surface area contributed by atoms with Crippen molar-refractivity contribution in [2.45, 2.75) is 32.4 Å². The number of rotatable bonds is 4. The largest absolute Gasteiger partial charge is 0.420 e. The summed E-state index contributed by atoms with van der Waals surface area (Å²) in [5, 5.41) is 9.27. The summed E-state index contributed by atoms with van der Waals surface area (Å²) in [6.07, 6.45) is -2.09. The molecule has 184 valence electrons. The van der Waals surface area contributed by atoms with Crippen LogP contribution in [0.25, 0.3) is 5.65 Å². The van der Waals surface area contributed by atoms with Crippen LogP contribution in [0.15, 0.2) is 24.5 Å². The molecule has 0 spiro atoms. The monoisotopic (exact) mass is 519 g/mol. The molecule has 0 saturated carbocycles. The van der Waals surface area contributed by atoms with Gasteiger partial charge in [-0.15, -0.1) is 10.8 Å². The first-order chi connectivity index (χ1) is 15.9. The van der Waals surface area contributed by atoms with Gasteiger partial charge < -0.3 is 10.6 Å². The zero-order chi connectivity index (χ0) is 24.8. The van der Waals surface area contributed by atoms with Crippen LogP contribution in [-0.2, 0) is 6.18 Å². The van der Waals surface area contributed by atoms with Crippen LogP contribution in [0.4, 0.5) is 35.2 Å². The highest BCUT2D eigenvalue weighted by Crippen LogP contribution is 2.53. The standard InChI is InChI=1S/C19H21ClF3N7O3S/c1-10(2)16-13(9-24-15-7-14(20)28-30(15)16)27-18(31)26-11-6-12(19(21,22)23)17(25-8-11)29-4-3-5-34(29,32)33/h6-10,32-33H,3-5H2,1-2H3,(H2,26,27,31). The van der Waals surface area contributed by atoms with Crippen LogP contribution in [-0.4, -0.2) is 47.0 Å². The average Bonchev–Trinajstić information content (AvgIpc) is 3.27. The fraction of sp³-hybridized carbons (Fsp3) is 0.368. The number of hydrogen-bond acceptors (Lipinski definition) is 7. The number of carbonyl (C=O) groups is 1. The number of halogens is 4. The van der Waals surface area contributed by atoms with Gasteiger partial charge in [-0.3, -0.25) is 13.4 Å². The highest BCUT2D eigenvalue weighted by atomic mass is 35.5. The number of fused-ring (bicyclic) bond motifs is 1. The highest BCUT2D eigenvalue weighted by molar-refractivity contribution is 8.25. The summed E-state index contributed by atoms with van der Waals surface area (Å²) in [5.74, 6) is -0.732. The number of pyridine rings is 1. The van der Waals surface area contributed by atoms with Crippen molar-refractivity contribution in [2.75, 3.05) is 27.2 Å². The minimum Gasteiger partial charge on any atom is -0.306 e. The first kappa shape index (κ1) is 24.3. The summed E-state index contributed by atoms with van der Waals surface area (Å²) >= 11 is 5.95. The molecule has 0 atom stereocenters. The number of urea groups is 1. The number of hydrogen-bond donors (Lipinski definition) is 4. The predicted octanol–water partition coefficient (Wildman–Crippen LogP) is 5.44. The molecule has 1 aliphatic rings. The van der Waals surface area contributed by atoms with Crippen LogP contribution in [0.3, 0.4) is 0 Å². The van der Waals surface area contributed by atoms with E-state index in [1.54, 1.807) is 6.07 Å². The maximum atomic E-state index is 13.7. The summed E-state index contributed by atoms with van der Waals surface area (Å²) in [7, 11) is -3.38. The number of nitrogens with one attached hydrogen (secondary N) is 2. The first-order valence-corrected chi connectivity index (χ1v) is 12.1. The van der Waals surface area contributed by atoms with Gasteiger partial charge in [-0.1, -0.05) is 25.4 Å². The van der Waals surface area contributed by atoms with E-state index in [1.807, 2.05) is 13.8 Å². The SMILES string of the molecule is CC(C)c1c(NC(=O)Nc2cnc(N3CCCS3(O)O)c(C(F)(F)F)c2)cnc2cc(Cl)nn12. The molecule has 10 nitrogen and oxygen atoms in total. The van der Waals surface area contributed by atoms with E-state index in [-0.39, 0.29) is 29.1 Å². The lowest BCUT2D eigenvalue weighted by atomic mass is 10.1. The topological polar surface area (TPSA) is 128 Å². The normalized spacial score (nSPS) is 16.8.